The second-order valence-corrected chi connectivity index (χ2v) is 5.91. The second kappa shape index (κ2) is 3.58. The van der Waals surface area contributed by atoms with E-state index in [0.717, 1.165) is 0 Å². The first-order chi connectivity index (χ1) is 6.91. The fourth-order valence-electron chi connectivity index (χ4n) is 2.01. The molecule has 0 spiro atoms. The monoisotopic (exact) mass is 306 g/mol. The molecule has 1 aliphatic carbocycles. The normalized spacial score (nSPS) is 31.9. The number of carboxylic acids is 1. The van der Waals surface area contributed by atoms with Crippen LogP contribution in [0.2, 0.25) is 0 Å². The zero-order valence-corrected chi connectivity index (χ0v) is 10.2. The maximum Gasteiger partial charge on any atom is 0.432 e. The van der Waals surface area contributed by atoms with E-state index in [4.69, 9.17) is 5.11 Å². The summed E-state index contributed by atoms with van der Waals surface area (Å²) in [5.74, 6) is -2.90. The molecule has 2 nitrogen and oxygen atoms in total. The molecule has 0 saturated heterocycles. The molecule has 0 aromatic heterocycles. The quantitative estimate of drug-likeness (QED) is 0.641. The van der Waals surface area contributed by atoms with E-state index in [1.807, 2.05) is 15.9 Å². The number of hydrogen-bond donors (Lipinski definition) is 1. The zero-order valence-electron chi connectivity index (χ0n) is 8.61. The summed E-state index contributed by atoms with van der Waals surface area (Å²) in [5, 5.41) is 8.74. The van der Waals surface area contributed by atoms with E-state index in [1.54, 1.807) is 0 Å². The summed E-state index contributed by atoms with van der Waals surface area (Å²) in [4.78, 5) is 10.7. The van der Waals surface area contributed by atoms with E-state index in [0.29, 0.717) is 0 Å². The number of carbonyl (C=O) groups is 1. The summed E-state index contributed by atoms with van der Waals surface area (Å²) in [7, 11) is 0. The smallest absolute Gasteiger partial charge is 0.432 e. The van der Waals surface area contributed by atoms with Gasteiger partial charge in [0.15, 0.2) is 0 Å². The molecule has 3 atom stereocenters. The number of rotatable bonds is 3. The van der Waals surface area contributed by atoms with E-state index in [2.05, 4.69) is 0 Å². The van der Waals surface area contributed by atoms with Crippen molar-refractivity contribution < 1.29 is 27.5 Å². The largest absolute Gasteiger partial charge is 0.481 e. The highest BCUT2D eigenvalue weighted by molar-refractivity contribution is 9.10. The summed E-state index contributed by atoms with van der Waals surface area (Å²) in [6.45, 7) is 3.05. The number of carboxylic acid groups (broad SMARTS) is 1. The van der Waals surface area contributed by atoms with E-state index in [9.17, 15) is 22.4 Å². The summed E-state index contributed by atoms with van der Waals surface area (Å²) in [6.07, 6.45) is -5.91. The molecule has 1 fully saturated rings. The van der Waals surface area contributed by atoms with Crippen LogP contribution >= 0.6 is 15.9 Å². The molecule has 1 rings (SSSR count). The summed E-state index contributed by atoms with van der Waals surface area (Å²) < 4.78 is 46.5. The molecule has 0 amide bonds. The van der Waals surface area contributed by atoms with Gasteiger partial charge in [-0.1, -0.05) is 13.8 Å². The van der Waals surface area contributed by atoms with Crippen molar-refractivity contribution in [3.8, 4) is 0 Å². The lowest BCUT2D eigenvalue weighted by Gasteiger charge is -2.22. The van der Waals surface area contributed by atoms with Crippen LogP contribution in [0.15, 0.2) is 0 Å². The lowest BCUT2D eigenvalue weighted by molar-refractivity contribution is -0.195. The summed E-state index contributed by atoms with van der Waals surface area (Å²) in [6, 6.07) is 0. The van der Waals surface area contributed by atoms with Crippen molar-refractivity contribution in [2.45, 2.75) is 31.0 Å². The zero-order chi connectivity index (χ0) is 12.9. The van der Waals surface area contributed by atoms with Gasteiger partial charge in [0.25, 0.3) is 4.58 Å². The maximum atomic E-state index is 13.3. The van der Waals surface area contributed by atoms with E-state index >= 15 is 0 Å². The lowest BCUT2D eigenvalue weighted by Crippen LogP contribution is -2.35. The third kappa shape index (κ3) is 2.19. The van der Waals surface area contributed by atoms with Crippen LogP contribution in [0.25, 0.3) is 0 Å². The maximum absolute atomic E-state index is 13.3. The van der Waals surface area contributed by atoms with Crippen molar-refractivity contribution in [2.24, 2.45) is 17.3 Å². The van der Waals surface area contributed by atoms with Gasteiger partial charge in [0, 0.05) is 6.42 Å². The van der Waals surface area contributed by atoms with Gasteiger partial charge in [-0.25, -0.2) is 4.39 Å². The first-order valence-corrected chi connectivity index (χ1v) is 5.38. The third-order valence-electron chi connectivity index (χ3n) is 3.21. The van der Waals surface area contributed by atoms with E-state index in [1.165, 1.54) is 13.8 Å². The van der Waals surface area contributed by atoms with Crippen LogP contribution in [0.5, 0.6) is 0 Å². The second-order valence-electron chi connectivity index (χ2n) is 4.65. The highest BCUT2D eigenvalue weighted by Gasteiger charge is 2.67. The van der Waals surface area contributed by atoms with E-state index < -0.39 is 40.4 Å². The van der Waals surface area contributed by atoms with Gasteiger partial charge in [-0.3, -0.25) is 4.79 Å². The first kappa shape index (κ1) is 13.7. The van der Waals surface area contributed by atoms with Crippen molar-refractivity contribution in [1.29, 1.82) is 0 Å². The molecule has 0 heterocycles. The number of hydrogen-bond acceptors (Lipinski definition) is 1. The first-order valence-electron chi connectivity index (χ1n) is 4.58. The molecule has 0 radical (unpaired) electrons. The van der Waals surface area contributed by atoms with Crippen LogP contribution in [-0.4, -0.2) is 21.8 Å². The highest BCUT2D eigenvalue weighted by atomic mass is 79.9. The van der Waals surface area contributed by atoms with Gasteiger partial charge in [-0.05, 0) is 27.3 Å². The van der Waals surface area contributed by atoms with E-state index in [-0.39, 0.29) is 0 Å². The van der Waals surface area contributed by atoms with Gasteiger partial charge in [0.2, 0.25) is 0 Å². The molecule has 0 aromatic rings. The third-order valence-corrected chi connectivity index (χ3v) is 3.98. The van der Waals surface area contributed by atoms with Crippen molar-refractivity contribution in [1.82, 2.24) is 0 Å². The van der Waals surface area contributed by atoms with Crippen molar-refractivity contribution in [3.05, 3.63) is 0 Å². The number of alkyl halides is 5. The van der Waals surface area contributed by atoms with Crippen LogP contribution in [0, 0.1) is 17.3 Å². The molecular formula is C9H11BrF4O2. The molecule has 0 bridgehead atoms. The van der Waals surface area contributed by atoms with Crippen LogP contribution in [-0.2, 0) is 4.79 Å². The van der Waals surface area contributed by atoms with Crippen LogP contribution in [0.4, 0.5) is 17.6 Å². The van der Waals surface area contributed by atoms with Crippen molar-refractivity contribution in [3.63, 3.8) is 0 Å². The van der Waals surface area contributed by atoms with Gasteiger partial charge in [0.1, 0.15) is 0 Å². The molecular weight excluding hydrogens is 296 g/mol. The fraction of sp³-hybridized carbons (Fsp3) is 0.889. The Morgan fingerprint density at radius 1 is 1.38 bits per heavy atom. The predicted molar refractivity (Wildman–Crippen MR) is 51.8 cm³/mol. The molecule has 1 saturated carbocycles. The SMILES string of the molecule is CC1(C)C(CC(F)(Br)C(F)(F)F)C1C(=O)O. The topological polar surface area (TPSA) is 37.3 Å². The van der Waals surface area contributed by atoms with Gasteiger partial charge in [-0.15, -0.1) is 0 Å². The minimum absolute atomic E-state index is 0.789. The lowest BCUT2D eigenvalue weighted by atomic mass is 10.1. The molecule has 1 aliphatic rings. The summed E-state index contributed by atoms with van der Waals surface area (Å²) in [5.41, 5.74) is -0.789. The average Bonchev–Trinajstić information content (AvgIpc) is 2.49. The Kier molecular flexibility index (Phi) is 3.07. The minimum atomic E-state index is -5.03. The predicted octanol–water partition coefficient (Wildman–Crippen LogP) is 3.36. The van der Waals surface area contributed by atoms with Crippen molar-refractivity contribution >= 4 is 21.9 Å². The van der Waals surface area contributed by atoms with Gasteiger partial charge in [-0.2, -0.15) is 13.2 Å². The average molecular weight is 307 g/mol. The number of aliphatic carboxylic acids is 1. The Morgan fingerprint density at radius 3 is 2.06 bits per heavy atom. The Balaban J connectivity index is 2.75. The van der Waals surface area contributed by atoms with Crippen LogP contribution < -0.4 is 0 Å². The molecule has 16 heavy (non-hydrogen) atoms. The Hall–Kier alpha value is -0.330. The van der Waals surface area contributed by atoms with Gasteiger partial charge in [0.05, 0.1) is 5.92 Å². The van der Waals surface area contributed by atoms with Crippen molar-refractivity contribution in [2.75, 3.05) is 0 Å². The van der Waals surface area contributed by atoms with Gasteiger partial charge >= 0.3 is 12.1 Å². The Labute approximate surface area is 98.1 Å². The summed E-state index contributed by atoms with van der Waals surface area (Å²) >= 11 is 1.99. The molecule has 94 valence electrons. The molecule has 0 aromatic carbocycles. The Morgan fingerprint density at radius 2 is 1.81 bits per heavy atom. The van der Waals surface area contributed by atoms with Crippen LogP contribution in [0.3, 0.4) is 0 Å². The standard InChI is InChI=1S/C9H11BrF4O2/c1-7(2)4(5(7)6(15)16)3-8(10,11)9(12,13)14/h4-5H,3H2,1-2H3,(H,15,16). The molecule has 3 unspecified atom stereocenters. The number of halogens is 5. The van der Waals surface area contributed by atoms with Gasteiger partial charge < -0.3 is 5.11 Å². The van der Waals surface area contributed by atoms with Crippen LogP contribution in [0.1, 0.15) is 20.3 Å². The molecule has 7 heteroatoms. The molecule has 1 N–H and O–H groups in total. The molecule has 0 aliphatic heterocycles. The fourth-order valence-corrected chi connectivity index (χ4v) is 2.36. The Bertz CT molecular complexity index is 311. The highest BCUT2D eigenvalue weighted by Crippen LogP contribution is 2.63. The minimum Gasteiger partial charge on any atom is -0.481 e.